The lowest BCUT2D eigenvalue weighted by Crippen LogP contribution is -1.99. The predicted octanol–water partition coefficient (Wildman–Crippen LogP) is 1.95. The number of anilines is 1. The highest BCUT2D eigenvalue weighted by Crippen LogP contribution is 2.40. The summed E-state index contributed by atoms with van der Waals surface area (Å²) in [6.07, 6.45) is 0. The van der Waals surface area contributed by atoms with E-state index in [1.165, 1.54) is 20.3 Å². The lowest BCUT2D eigenvalue weighted by molar-refractivity contribution is 0.329. The SMILES string of the molecule is COc1c(-c2cc(N)n[nH]2)cc(F)c(F)c1OC. The van der Waals surface area contributed by atoms with Crippen molar-refractivity contribution in [3.05, 3.63) is 23.8 Å². The summed E-state index contributed by atoms with van der Waals surface area (Å²) in [5.74, 6) is -2.15. The molecule has 2 rings (SSSR count). The van der Waals surface area contributed by atoms with E-state index >= 15 is 0 Å². The van der Waals surface area contributed by atoms with E-state index < -0.39 is 11.6 Å². The van der Waals surface area contributed by atoms with Crippen molar-refractivity contribution in [2.24, 2.45) is 0 Å². The van der Waals surface area contributed by atoms with Crippen molar-refractivity contribution < 1.29 is 18.3 Å². The first-order valence-corrected chi connectivity index (χ1v) is 4.99. The fourth-order valence-electron chi connectivity index (χ4n) is 1.65. The third-order valence-electron chi connectivity index (χ3n) is 2.43. The molecule has 0 radical (unpaired) electrons. The Balaban J connectivity index is 2.70. The number of halogens is 2. The zero-order chi connectivity index (χ0) is 13.3. The zero-order valence-corrected chi connectivity index (χ0v) is 9.75. The van der Waals surface area contributed by atoms with Gasteiger partial charge < -0.3 is 15.2 Å². The topological polar surface area (TPSA) is 73.2 Å². The summed E-state index contributed by atoms with van der Waals surface area (Å²) in [6.45, 7) is 0. The fraction of sp³-hybridized carbons (Fsp3) is 0.182. The van der Waals surface area contributed by atoms with Crippen LogP contribution in [0.15, 0.2) is 12.1 Å². The van der Waals surface area contributed by atoms with Gasteiger partial charge in [-0.3, -0.25) is 5.10 Å². The molecule has 0 atom stereocenters. The highest BCUT2D eigenvalue weighted by molar-refractivity contribution is 5.73. The second-order valence-electron chi connectivity index (χ2n) is 3.49. The van der Waals surface area contributed by atoms with Gasteiger partial charge >= 0.3 is 0 Å². The van der Waals surface area contributed by atoms with Crippen LogP contribution >= 0.6 is 0 Å². The molecule has 0 saturated carbocycles. The smallest absolute Gasteiger partial charge is 0.204 e. The van der Waals surface area contributed by atoms with Crippen LogP contribution in [0.4, 0.5) is 14.6 Å². The van der Waals surface area contributed by atoms with E-state index in [0.29, 0.717) is 5.69 Å². The van der Waals surface area contributed by atoms with Crippen molar-refractivity contribution >= 4 is 5.82 Å². The number of ether oxygens (including phenoxy) is 2. The molecule has 18 heavy (non-hydrogen) atoms. The lowest BCUT2D eigenvalue weighted by Gasteiger charge is -2.12. The van der Waals surface area contributed by atoms with Gasteiger partial charge in [0.05, 0.1) is 19.9 Å². The number of aromatic nitrogens is 2. The highest BCUT2D eigenvalue weighted by atomic mass is 19.2. The van der Waals surface area contributed by atoms with Crippen LogP contribution in [-0.4, -0.2) is 24.4 Å². The van der Waals surface area contributed by atoms with E-state index in [9.17, 15) is 8.78 Å². The van der Waals surface area contributed by atoms with Gasteiger partial charge in [-0.25, -0.2) is 4.39 Å². The fourth-order valence-corrected chi connectivity index (χ4v) is 1.65. The van der Waals surface area contributed by atoms with Gasteiger partial charge in [-0.2, -0.15) is 9.49 Å². The molecule has 0 spiro atoms. The van der Waals surface area contributed by atoms with Crippen LogP contribution in [-0.2, 0) is 0 Å². The molecule has 0 fully saturated rings. The molecule has 1 aromatic carbocycles. The minimum Gasteiger partial charge on any atom is -0.492 e. The Bertz CT molecular complexity index is 584. The summed E-state index contributed by atoms with van der Waals surface area (Å²) in [6, 6.07) is 2.47. The van der Waals surface area contributed by atoms with Crippen LogP contribution in [0.3, 0.4) is 0 Å². The maximum Gasteiger partial charge on any atom is 0.204 e. The Morgan fingerprint density at radius 1 is 1.17 bits per heavy atom. The molecule has 0 amide bonds. The molecule has 0 aliphatic heterocycles. The number of methoxy groups -OCH3 is 2. The van der Waals surface area contributed by atoms with E-state index in [2.05, 4.69) is 10.2 Å². The first kappa shape index (κ1) is 12.2. The number of nitrogen functional groups attached to an aromatic ring is 1. The summed E-state index contributed by atoms with van der Waals surface area (Å²) in [7, 11) is 2.56. The Hall–Kier alpha value is -2.31. The maximum absolute atomic E-state index is 13.5. The van der Waals surface area contributed by atoms with E-state index in [-0.39, 0.29) is 22.9 Å². The van der Waals surface area contributed by atoms with Crippen molar-refractivity contribution in [1.82, 2.24) is 10.2 Å². The van der Waals surface area contributed by atoms with Crippen LogP contribution in [0.5, 0.6) is 11.5 Å². The Morgan fingerprint density at radius 2 is 1.83 bits per heavy atom. The lowest BCUT2D eigenvalue weighted by atomic mass is 10.1. The zero-order valence-electron chi connectivity index (χ0n) is 9.75. The predicted molar refractivity (Wildman–Crippen MR) is 61.5 cm³/mol. The van der Waals surface area contributed by atoms with Crippen LogP contribution in [0.2, 0.25) is 0 Å². The van der Waals surface area contributed by atoms with Crippen molar-refractivity contribution in [2.45, 2.75) is 0 Å². The quantitative estimate of drug-likeness (QED) is 0.879. The minimum atomic E-state index is -1.11. The molecule has 0 bridgehead atoms. The largest absolute Gasteiger partial charge is 0.492 e. The van der Waals surface area contributed by atoms with Crippen molar-refractivity contribution in [1.29, 1.82) is 0 Å². The van der Waals surface area contributed by atoms with Crippen LogP contribution < -0.4 is 15.2 Å². The highest BCUT2D eigenvalue weighted by Gasteiger charge is 2.22. The van der Waals surface area contributed by atoms with Gasteiger partial charge in [-0.15, -0.1) is 0 Å². The van der Waals surface area contributed by atoms with Crippen molar-refractivity contribution in [2.75, 3.05) is 20.0 Å². The number of benzene rings is 1. The molecule has 0 saturated heterocycles. The third kappa shape index (κ3) is 1.83. The van der Waals surface area contributed by atoms with Crippen LogP contribution in [0.1, 0.15) is 0 Å². The van der Waals surface area contributed by atoms with Gasteiger partial charge in [-0.05, 0) is 6.07 Å². The van der Waals surface area contributed by atoms with Gasteiger partial charge in [0.15, 0.2) is 11.6 Å². The second kappa shape index (κ2) is 4.52. The minimum absolute atomic E-state index is 0.0695. The number of aromatic amines is 1. The van der Waals surface area contributed by atoms with Gasteiger partial charge in [0.1, 0.15) is 5.82 Å². The Kier molecular flexibility index (Phi) is 3.05. The molecular formula is C11H11F2N3O2. The molecule has 96 valence electrons. The molecular weight excluding hydrogens is 244 g/mol. The number of hydrogen-bond donors (Lipinski definition) is 2. The third-order valence-corrected chi connectivity index (χ3v) is 2.43. The number of nitrogens with one attached hydrogen (secondary N) is 1. The van der Waals surface area contributed by atoms with Crippen LogP contribution in [0, 0.1) is 11.6 Å². The summed E-state index contributed by atoms with van der Waals surface area (Å²) < 4.78 is 36.8. The van der Waals surface area contributed by atoms with Crippen molar-refractivity contribution in [3.8, 4) is 22.8 Å². The number of nitrogens with zero attached hydrogens (tertiary/aromatic N) is 1. The molecule has 5 nitrogen and oxygen atoms in total. The maximum atomic E-state index is 13.5. The van der Waals surface area contributed by atoms with E-state index in [0.717, 1.165) is 6.07 Å². The number of rotatable bonds is 3. The first-order valence-electron chi connectivity index (χ1n) is 4.99. The Morgan fingerprint density at radius 3 is 2.33 bits per heavy atom. The molecule has 0 aliphatic rings. The summed E-state index contributed by atoms with van der Waals surface area (Å²) in [5.41, 5.74) is 6.14. The van der Waals surface area contributed by atoms with Gasteiger partial charge in [-0.1, -0.05) is 0 Å². The Labute approximate surface area is 102 Å². The number of nitrogens with two attached hydrogens (primary N) is 1. The van der Waals surface area contributed by atoms with Crippen molar-refractivity contribution in [3.63, 3.8) is 0 Å². The summed E-state index contributed by atoms with van der Waals surface area (Å²) in [4.78, 5) is 0. The number of H-pyrrole nitrogens is 1. The van der Waals surface area contributed by atoms with E-state index in [4.69, 9.17) is 15.2 Å². The molecule has 2 aromatic rings. The molecule has 3 N–H and O–H groups in total. The summed E-state index contributed by atoms with van der Waals surface area (Å²) in [5, 5.41) is 6.31. The summed E-state index contributed by atoms with van der Waals surface area (Å²) >= 11 is 0. The number of hydrogen-bond acceptors (Lipinski definition) is 4. The second-order valence-corrected chi connectivity index (χ2v) is 3.49. The average Bonchev–Trinajstić information content (AvgIpc) is 2.78. The van der Waals surface area contributed by atoms with E-state index in [1.807, 2.05) is 0 Å². The normalized spacial score (nSPS) is 10.4. The van der Waals surface area contributed by atoms with E-state index in [1.54, 1.807) is 0 Å². The molecule has 0 aliphatic carbocycles. The van der Waals surface area contributed by atoms with Gasteiger partial charge in [0.2, 0.25) is 11.6 Å². The molecule has 1 heterocycles. The van der Waals surface area contributed by atoms with Crippen LogP contribution in [0.25, 0.3) is 11.3 Å². The van der Waals surface area contributed by atoms with Gasteiger partial charge in [0, 0.05) is 11.6 Å². The molecule has 0 unspecified atom stereocenters. The molecule has 7 heteroatoms. The molecule has 1 aromatic heterocycles. The first-order chi connectivity index (χ1) is 8.58. The monoisotopic (exact) mass is 255 g/mol. The average molecular weight is 255 g/mol. The van der Waals surface area contributed by atoms with Gasteiger partial charge in [0.25, 0.3) is 0 Å². The standard InChI is InChI=1S/C11H11F2N3O2/c1-17-10-5(7-4-8(14)16-15-7)3-6(12)9(13)11(10)18-2/h3-4H,1-2H3,(H3,14,15,16).